The maximum absolute atomic E-state index is 13.8. The van der Waals surface area contributed by atoms with E-state index in [9.17, 15) is 8.78 Å². The molecule has 3 rings (SSSR count). The van der Waals surface area contributed by atoms with Crippen LogP contribution in [-0.2, 0) is 11.2 Å². The van der Waals surface area contributed by atoms with Gasteiger partial charge in [-0.05, 0) is 80.4 Å². The average Bonchev–Trinajstić information content (AvgIpc) is 2.82. The third-order valence-corrected chi connectivity index (χ3v) is 7.85. The Labute approximate surface area is 199 Å². The summed E-state index contributed by atoms with van der Waals surface area (Å²) in [5, 5.41) is 8.80. The lowest BCUT2D eigenvalue weighted by molar-refractivity contribution is 0.0324. The van der Waals surface area contributed by atoms with Crippen LogP contribution in [0.1, 0.15) is 102 Å². The second-order valence-corrected chi connectivity index (χ2v) is 10.3. The van der Waals surface area contributed by atoms with Gasteiger partial charge in [0.1, 0.15) is 23.3 Å². The molecule has 1 aromatic rings. The van der Waals surface area contributed by atoms with Crippen molar-refractivity contribution < 1.29 is 13.5 Å². The molecule has 182 valence electrons. The highest BCUT2D eigenvalue weighted by molar-refractivity contribution is 5.35. The highest BCUT2D eigenvalue weighted by Gasteiger charge is 2.25. The number of aryl methyl sites for hydroxylation is 1. The fourth-order valence-corrected chi connectivity index (χ4v) is 5.66. The van der Waals surface area contributed by atoms with Gasteiger partial charge >= 0.3 is 0 Å². The predicted octanol–water partition coefficient (Wildman–Crippen LogP) is 8.29. The van der Waals surface area contributed by atoms with Gasteiger partial charge in [-0.25, -0.2) is 8.78 Å². The third kappa shape index (κ3) is 8.53. The van der Waals surface area contributed by atoms with E-state index in [0.29, 0.717) is 24.0 Å². The first-order chi connectivity index (χ1) is 16.1. The summed E-state index contributed by atoms with van der Waals surface area (Å²) < 4.78 is 33.6. The lowest BCUT2D eigenvalue weighted by Crippen LogP contribution is -2.22. The van der Waals surface area contributed by atoms with E-state index in [1.54, 1.807) is 6.07 Å². The van der Waals surface area contributed by atoms with Crippen molar-refractivity contribution in [2.24, 2.45) is 17.8 Å². The molecule has 0 N–H and O–H groups in total. The molecule has 0 bridgehead atoms. The minimum Gasteiger partial charge on any atom is -0.374 e. The lowest BCUT2D eigenvalue weighted by Gasteiger charge is -2.32. The number of hydrogen-bond acceptors (Lipinski definition) is 2. The monoisotopic (exact) mass is 457 g/mol. The molecule has 0 heterocycles. The molecule has 33 heavy (non-hydrogen) atoms. The Hall–Kier alpha value is -1.73. The Morgan fingerprint density at radius 3 is 1.97 bits per heavy atom. The van der Waals surface area contributed by atoms with E-state index in [2.05, 4.69) is 19.1 Å². The molecule has 0 aliphatic heterocycles. The van der Waals surface area contributed by atoms with E-state index >= 15 is 0 Å². The summed E-state index contributed by atoms with van der Waals surface area (Å²) in [5.41, 5.74) is 0.197. The molecule has 1 aromatic carbocycles. The Morgan fingerprint density at radius 2 is 1.42 bits per heavy atom. The van der Waals surface area contributed by atoms with Crippen molar-refractivity contribution in [2.45, 2.75) is 103 Å². The SMILES string of the molecule is CCC/C=C/COC1CCC(CCC2CCC(CCc3cc(F)c(C#N)c(F)c3)CC2)CC1. The van der Waals surface area contributed by atoms with Gasteiger partial charge in [-0.1, -0.05) is 64.0 Å². The molecule has 0 radical (unpaired) electrons. The van der Waals surface area contributed by atoms with Crippen LogP contribution in [0.5, 0.6) is 0 Å². The van der Waals surface area contributed by atoms with Crippen molar-refractivity contribution >= 4 is 0 Å². The van der Waals surface area contributed by atoms with E-state index in [1.807, 2.05) is 0 Å². The van der Waals surface area contributed by atoms with Crippen LogP contribution in [0.25, 0.3) is 0 Å². The number of nitrogens with zero attached hydrogens (tertiary/aromatic N) is 1. The van der Waals surface area contributed by atoms with E-state index < -0.39 is 17.2 Å². The molecule has 2 nitrogen and oxygen atoms in total. The number of ether oxygens (including phenoxy) is 1. The van der Waals surface area contributed by atoms with Gasteiger partial charge in [0.25, 0.3) is 0 Å². The summed E-state index contributed by atoms with van der Waals surface area (Å²) in [6.45, 7) is 2.97. The first kappa shape index (κ1) is 25.9. The number of halogens is 2. The number of hydrogen-bond donors (Lipinski definition) is 0. The molecular formula is C29H41F2NO. The van der Waals surface area contributed by atoms with Gasteiger partial charge in [-0.3, -0.25) is 0 Å². The zero-order chi connectivity index (χ0) is 23.5. The van der Waals surface area contributed by atoms with Crippen LogP contribution in [0.3, 0.4) is 0 Å². The molecule has 0 spiro atoms. The van der Waals surface area contributed by atoms with Crippen molar-refractivity contribution in [1.29, 1.82) is 5.26 Å². The zero-order valence-electron chi connectivity index (χ0n) is 20.3. The molecule has 2 aliphatic carbocycles. The summed E-state index contributed by atoms with van der Waals surface area (Å²) in [4.78, 5) is 0. The van der Waals surface area contributed by atoms with E-state index in [-0.39, 0.29) is 0 Å². The molecule has 0 aromatic heterocycles. The van der Waals surface area contributed by atoms with Crippen LogP contribution >= 0.6 is 0 Å². The Bertz CT molecular complexity index is 760. The van der Waals surface area contributed by atoms with Crippen molar-refractivity contribution in [2.75, 3.05) is 6.61 Å². The minimum absolute atomic E-state index is 0.459. The molecule has 2 aliphatic rings. The number of allylic oxidation sites excluding steroid dienone is 1. The normalized spacial score (nSPS) is 25.9. The number of unbranched alkanes of at least 4 members (excludes halogenated alkanes) is 1. The minimum atomic E-state index is -0.736. The molecule has 0 atom stereocenters. The van der Waals surface area contributed by atoms with Crippen molar-refractivity contribution in [3.8, 4) is 6.07 Å². The predicted molar refractivity (Wildman–Crippen MR) is 130 cm³/mol. The van der Waals surface area contributed by atoms with Crippen LogP contribution in [0.4, 0.5) is 8.78 Å². The summed E-state index contributed by atoms with van der Waals surface area (Å²) in [6, 6.07) is 4.25. The van der Waals surface area contributed by atoms with Crippen LogP contribution in [0, 0.1) is 40.7 Å². The van der Waals surface area contributed by atoms with Crippen molar-refractivity contribution in [3.63, 3.8) is 0 Å². The van der Waals surface area contributed by atoms with E-state index in [4.69, 9.17) is 10.00 Å². The Balaban J connectivity index is 1.27. The highest BCUT2D eigenvalue weighted by atomic mass is 19.1. The number of benzene rings is 1. The highest BCUT2D eigenvalue weighted by Crippen LogP contribution is 2.37. The summed E-state index contributed by atoms with van der Waals surface area (Å²) >= 11 is 0. The Kier molecular flexibility index (Phi) is 10.9. The van der Waals surface area contributed by atoms with Crippen LogP contribution in [0.15, 0.2) is 24.3 Å². The van der Waals surface area contributed by atoms with Gasteiger partial charge < -0.3 is 4.74 Å². The third-order valence-electron chi connectivity index (χ3n) is 7.85. The Morgan fingerprint density at radius 1 is 0.879 bits per heavy atom. The van der Waals surface area contributed by atoms with Gasteiger partial charge in [0.2, 0.25) is 0 Å². The van der Waals surface area contributed by atoms with Gasteiger partial charge in [-0.2, -0.15) is 5.26 Å². The fourth-order valence-electron chi connectivity index (χ4n) is 5.66. The zero-order valence-corrected chi connectivity index (χ0v) is 20.3. The summed E-state index contributed by atoms with van der Waals surface area (Å²) in [5.74, 6) is 0.909. The van der Waals surface area contributed by atoms with Gasteiger partial charge in [-0.15, -0.1) is 0 Å². The van der Waals surface area contributed by atoms with Gasteiger partial charge in [0.15, 0.2) is 0 Å². The quantitative estimate of drug-likeness (QED) is 0.313. The van der Waals surface area contributed by atoms with Crippen LogP contribution < -0.4 is 0 Å². The molecule has 0 saturated heterocycles. The van der Waals surface area contributed by atoms with Crippen molar-refractivity contribution in [1.82, 2.24) is 0 Å². The first-order valence-corrected chi connectivity index (χ1v) is 13.2. The van der Waals surface area contributed by atoms with Crippen molar-refractivity contribution in [3.05, 3.63) is 47.0 Å². The molecule has 0 amide bonds. The standard InChI is InChI=1S/C29H41F2NO/c1-2-3-4-5-18-33-26-16-14-24(15-17-26)11-10-22-6-8-23(9-7-22)12-13-25-19-28(30)27(21-32)29(31)20-25/h4-5,19-20,22-24,26H,2-3,6-18H2,1H3/b5-4+. The molecule has 2 saturated carbocycles. The van der Waals surface area contributed by atoms with E-state index in [1.165, 1.54) is 82.8 Å². The maximum Gasteiger partial charge on any atom is 0.144 e. The second-order valence-electron chi connectivity index (χ2n) is 10.3. The topological polar surface area (TPSA) is 33.0 Å². The molecule has 4 heteroatoms. The number of nitriles is 1. The number of rotatable bonds is 11. The smallest absolute Gasteiger partial charge is 0.144 e. The molecular weight excluding hydrogens is 416 g/mol. The fraction of sp³-hybridized carbons (Fsp3) is 0.690. The maximum atomic E-state index is 13.8. The molecule has 2 fully saturated rings. The lowest BCUT2D eigenvalue weighted by atomic mass is 9.75. The van der Waals surface area contributed by atoms with E-state index in [0.717, 1.165) is 31.3 Å². The first-order valence-electron chi connectivity index (χ1n) is 13.2. The second kappa shape index (κ2) is 13.9. The molecule has 0 unspecified atom stereocenters. The van der Waals surface area contributed by atoms with Gasteiger partial charge in [0, 0.05) is 0 Å². The summed E-state index contributed by atoms with van der Waals surface area (Å²) in [6.07, 6.45) is 21.7. The largest absolute Gasteiger partial charge is 0.374 e. The average molecular weight is 458 g/mol. The van der Waals surface area contributed by atoms with Crippen LogP contribution in [-0.4, -0.2) is 12.7 Å². The van der Waals surface area contributed by atoms with Gasteiger partial charge in [0.05, 0.1) is 12.7 Å². The summed E-state index contributed by atoms with van der Waals surface area (Å²) in [7, 11) is 0. The van der Waals surface area contributed by atoms with Crippen LogP contribution in [0.2, 0.25) is 0 Å².